The number of ether oxygens (including phenoxy) is 1. The average molecular weight is 280 g/mol. The van der Waals surface area contributed by atoms with Crippen molar-refractivity contribution in [3.8, 4) is 5.75 Å². The van der Waals surface area contributed by atoms with Crippen LogP contribution in [0.2, 0.25) is 0 Å². The van der Waals surface area contributed by atoms with Crippen LogP contribution in [-0.4, -0.2) is 29.5 Å². The zero-order valence-corrected chi connectivity index (χ0v) is 13.3. The molecule has 0 saturated carbocycles. The van der Waals surface area contributed by atoms with Gasteiger partial charge in [0.15, 0.2) is 0 Å². The van der Waals surface area contributed by atoms with Crippen LogP contribution in [0.25, 0.3) is 0 Å². The van der Waals surface area contributed by atoms with Crippen LogP contribution >= 0.6 is 0 Å². The van der Waals surface area contributed by atoms with E-state index in [4.69, 9.17) is 4.74 Å². The molecule has 0 aromatic heterocycles. The molecule has 1 aromatic rings. The Morgan fingerprint density at radius 2 is 1.80 bits per heavy atom. The Morgan fingerprint density at radius 3 is 2.30 bits per heavy atom. The van der Waals surface area contributed by atoms with Crippen molar-refractivity contribution in [2.75, 3.05) is 7.11 Å². The Bertz CT molecular complexity index is 407. The zero-order valence-electron chi connectivity index (χ0n) is 13.3. The minimum absolute atomic E-state index is 0.0158. The molecule has 0 spiro atoms. The number of aliphatic hydroxyl groups is 2. The van der Waals surface area contributed by atoms with Crippen molar-refractivity contribution in [2.45, 2.75) is 58.7 Å². The van der Waals surface area contributed by atoms with E-state index >= 15 is 0 Å². The number of rotatable bonds is 6. The first kappa shape index (κ1) is 17.0. The smallest absolute Gasteiger partial charge is 0.119 e. The summed E-state index contributed by atoms with van der Waals surface area (Å²) < 4.78 is 5.23. The van der Waals surface area contributed by atoms with Gasteiger partial charge in [-0.1, -0.05) is 32.9 Å². The molecule has 114 valence electrons. The Balaban J connectivity index is 2.79. The normalized spacial score (nSPS) is 16.6. The van der Waals surface area contributed by atoms with Gasteiger partial charge in [-0.15, -0.1) is 0 Å². The van der Waals surface area contributed by atoms with Crippen LogP contribution in [-0.2, 0) is 0 Å². The number of aliphatic hydroxyl groups excluding tert-OH is 2. The molecule has 3 atom stereocenters. The number of benzene rings is 1. The third-order valence-corrected chi connectivity index (χ3v) is 3.86. The second-order valence-corrected chi connectivity index (χ2v) is 6.58. The number of hydrogen-bond acceptors (Lipinski definition) is 3. The largest absolute Gasteiger partial charge is 0.497 e. The van der Waals surface area contributed by atoms with Crippen molar-refractivity contribution in [2.24, 2.45) is 5.41 Å². The molecule has 0 radical (unpaired) electrons. The third-order valence-electron chi connectivity index (χ3n) is 3.86. The summed E-state index contributed by atoms with van der Waals surface area (Å²) in [7, 11) is 1.64. The molecule has 3 heteroatoms. The van der Waals surface area contributed by atoms with Gasteiger partial charge in [-0.3, -0.25) is 0 Å². The predicted octanol–water partition coefficient (Wildman–Crippen LogP) is 3.35. The Hall–Kier alpha value is -1.06. The maximum Gasteiger partial charge on any atom is 0.119 e. The molecule has 0 unspecified atom stereocenters. The first-order valence-electron chi connectivity index (χ1n) is 7.25. The first-order chi connectivity index (χ1) is 9.25. The predicted molar refractivity (Wildman–Crippen MR) is 82.1 cm³/mol. The van der Waals surface area contributed by atoms with Crippen molar-refractivity contribution in [3.63, 3.8) is 0 Å². The number of methoxy groups -OCH3 is 1. The lowest BCUT2D eigenvalue weighted by molar-refractivity contribution is 0.0466. The fourth-order valence-electron chi connectivity index (χ4n) is 2.33. The van der Waals surface area contributed by atoms with Crippen LogP contribution in [0.3, 0.4) is 0 Å². The standard InChI is InChI=1S/C17H28O3/c1-12(18)15(9-10-16(19)17(2,3)4)13-7-6-8-14(11-13)20-5/h6-8,11-12,15-16,18-19H,9-10H2,1-5H3/t12-,15-,16-/m1/s1. The molecule has 0 amide bonds. The van der Waals surface area contributed by atoms with Crippen molar-refractivity contribution < 1.29 is 14.9 Å². The van der Waals surface area contributed by atoms with Crippen LogP contribution in [0.1, 0.15) is 52.0 Å². The summed E-state index contributed by atoms with van der Waals surface area (Å²) >= 11 is 0. The Kier molecular flexibility index (Phi) is 6.03. The van der Waals surface area contributed by atoms with E-state index in [0.717, 1.165) is 17.7 Å². The summed E-state index contributed by atoms with van der Waals surface area (Å²) in [6.07, 6.45) is 0.614. The second-order valence-electron chi connectivity index (χ2n) is 6.58. The highest BCUT2D eigenvalue weighted by Gasteiger charge is 2.25. The molecule has 0 heterocycles. The zero-order chi connectivity index (χ0) is 15.3. The van der Waals surface area contributed by atoms with Gasteiger partial charge in [0.2, 0.25) is 0 Å². The minimum Gasteiger partial charge on any atom is -0.497 e. The maximum absolute atomic E-state index is 10.2. The SMILES string of the molecule is COc1cccc([C@H](CC[C@@H](O)C(C)(C)C)[C@@H](C)O)c1. The summed E-state index contributed by atoms with van der Waals surface area (Å²) in [6.45, 7) is 7.88. The van der Waals surface area contributed by atoms with Crippen molar-refractivity contribution >= 4 is 0 Å². The molecule has 0 saturated heterocycles. The molecule has 1 rings (SSSR count). The van der Waals surface area contributed by atoms with Crippen LogP contribution < -0.4 is 4.74 Å². The van der Waals surface area contributed by atoms with E-state index in [0.29, 0.717) is 6.42 Å². The van der Waals surface area contributed by atoms with E-state index in [1.54, 1.807) is 14.0 Å². The topological polar surface area (TPSA) is 49.7 Å². The lowest BCUT2D eigenvalue weighted by Gasteiger charge is -2.28. The summed E-state index contributed by atoms with van der Waals surface area (Å²) in [6, 6.07) is 7.79. The molecule has 3 nitrogen and oxygen atoms in total. The van der Waals surface area contributed by atoms with Gasteiger partial charge < -0.3 is 14.9 Å². The lowest BCUT2D eigenvalue weighted by atomic mass is 9.82. The van der Waals surface area contributed by atoms with Crippen molar-refractivity contribution in [1.82, 2.24) is 0 Å². The van der Waals surface area contributed by atoms with E-state index in [1.807, 2.05) is 45.0 Å². The van der Waals surface area contributed by atoms with E-state index in [-0.39, 0.29) is 17.4 Å². The number of hydrogen-bond donors (Lipinski definition) is 2. The van der Waals surface area contributed by atoms with Gasteiger partial charge in [-0.25, -0.2) is 0 Å². The van der Waals surface area contributed by atoms with Gasteiger partial charge in [-0.05, 0) is 42.9 Å². The van der Waals surface area contributed by atoms with Gasteiger partial charge in [0, 0.05) is 5.92 Å². The molecule has 0 aliphatic heterocycles. The molecular formula is C17H28O3. The highest BCUT2D eigenvalue weighted by Crippen LogP contribution is 2.31. The van der Waals surface area contributed by atoms with Crippen LogP contribution in [0.4, 0.5) is 0 Å². The highest BCUT2D eigenvalue weighted by atomic mass is 16.5. The molecule has 1 aromatic carbocycles. The quantitative estimate of drug-likeness (QED) is 0.840. The highest BCUT2D eigenvalue weighted by molar-refractivity contribution is 5.31. The summed E-state index contributed by atoms with van der Waals surface area (Å²) in [4.78, 5) is 0. The van der Waals surface area contributed by atoms with Gasteiger partial charge in [0.05, 0.1) is 19.3 Å². The maximum atomic E-state index is 10.2. The summed E-state index contributed by atoms with van der Waals surface area (Å²) in [5, 5.41) is 20.2. The molecule has 20 heavy (non-hydrogen) atoms. The van der Waals surface area contributed by atoms with Gasteiger partial charge in [0.1, 0.15) is 5.75 Å². The lowest BCUT2D eigenvalue weighted by Crippen LogP contribution is -2.27. The molecule has 2 N–H and O–H groups in total. The van der Waals surface area contributed by atoms with E-state index in [2.05, 4.69) is 0 Å². The van der Waals surface area contributed by atoms with E-state index in [1.165, 1.54) is 0 Å². The summed E-state index contributed by atoms with van der Waals surface area (Å²) in [5.41, 5.74) is 0.929. The van der Waals surface area contributed by atoms with Crippen LogP contribution in [0, 0.1) is 5.41 Å². The summed E-state index contributed by atoms with van der Waals surface area (Å²) in [5.74, 6) is 0.812. The molecule has 0 aliphatic rings. The van der Waals surface area contributed by atoms with Crippen LogP contribution in [0.15, 0.2) is 24.3 Å². The van der Waals surface area contributed by atoms with Crippen molar-refractivity contribution in [3.05, 3.63) is 29.8 Å². The molecule has 0 aliphatic carbocycles. The van der Waals surface area contributed by atoms with Crippen molar-refractivity contribution in [1.29, 1.82) is 0 Å². The fraction of sp³-hybridized carbons (Fsp3) is 0.647. The molecule has 0 fully saturated rings. The monoisotopic (exact) mass is 280 g/mol. The third kappa shape index (κ3) is 4.80. The van der Waals surface area contributed by atoms with E-state index in [9.17, 15) is 10.2 Å². The molecule has 0 bridgehead atoms. The van der Waals surface area contributed by atoms with Gasteiger partial charge >= 0.3 is 0 Å². The Labute approximate surface area is 122 Å². The average Bonchev–Trinajstić information content (AvgIpc) is 2.37. The minimum atomic E-state index is -0.450. The van der Waals surface area contributed by atoms with E-state index < -0.39 is 6.10 Å². The van der Waals surface area contributed by atoms with Gasteiger partial charge in [0.25, 0.3) is 0 Å². The Morgan fingerprint density at radius 1 is 1.15 bits per heavy atom. The van der Waals surface area contributed by atoms with Crippen LogP contribution in [0.5, 0.6) is 5.75 Å². The first-order valence-corrected chi connectivity index (χ1v) is 7.25. The molecular weight excluding hydrogens is 252 g/mol. The van der Waals surface area contributed by atoms with Gasteiger partial charge in [-0.2, -0.15) is 0 Å². The fourth-order valence-corrected chi connectivity index (χ4v) is 2.33. The second kappa shape index (κ2) is 7.09.